The van der Waals surface area contributed by atoms with Gasteiger partial charge in [0.25, 0.3) is 0 Å². The Hall–Kier alpha value is -2.03. The predicted molar refractivity (Wildman–Crippen MR) is 84.2 cm³/mol. The van der Waals surface area contributed by atoms with Gasteiger partial charge < -0.3 is 10.2 Å². The Morgan fingerprint density at radius 1 is 1.15 bits per heavy atom. The summed E-state index contributed by atoms with van der Waals surface area (Å²) in [6.07, 6.45) is 2.42. The van der Waals surface area contributed by atoms with Crippen LogP contribution in [0, 0.1) is 0 Å². The van der Waals surface area contributed by atoms with Gasteiger partial charge in [-0.2, -0.15) is 0 Å². The minimum absolute atomic E-state index is 0.885. The molecule has 0 bridgehead atoms. The molecule has 0 amide bonds. The molecule has 1 aliphatic heterocycles. The fraction of sp³-hybridized carbons (Fsp3) is 0.353. The van der Waals surface area contributed by atoms with E-state index in [-0.39, 0.29) is 0 Å². The van der Waals surface area contributed by atoms with E-state index in [9.17, 15) is 0 Å². The molecule has 2 aromatic rings. The second-order valence-electron chi connectivity index (χ2n) is 5.20. The largest absolute Gasteiger partial charge is 0.370 e. The van der Waals surface area contributed by atoms with E-state index in [0.717, 1.165) is 31.1 Å². The lowest BCUT2D eigenvalue weighted by molar-refractivity contribution is 0.684. The van der Waals surface area contributed by atoms with Crippen LogP contribution in [0.2, 0.25) is 0 Å². The van der Waals surface area contributed by atoms with Gasteiger partial charge in [0.15, 0.2) is 0 Å². The van der Waals surface area contributed by atoms with Crippen molar-refractivity contribution in [1.29, 1.82) is 0 Å². The molecule has 0 unspecified atom stereocenters. The van der Waals surface area contributed by atoms with Crippen LogP contribution in [0.15, 0.2) is 42.5 Å². The van der Waals surface area contributed by atoms with Gasteiger partial charge in [0, 0.05) is 18.8 Å². The van der Waals surface area contributed by atoms with Gasteiger partial charge in [-0.15, -0.1) is 0 Å². The molecule has 1 aliphatic rings. The zero-order valence-electron chi connectivity index (χ0n) is 12.0. The highest BCUT2D eigenvalue weighted by Crippen LogP contribution is 2.27. The zero-order chi connectivity index (χ0) is 13.8. The van der Waals surface area contributed by atoms with Gasteiger partial charge in [-0.25, -0.2) is 4.98 Å². The lowest BCUT2D eigenvalue weighted by Gasteiger charge is -2.31. The summed E-state index contributed by atoms with van der Waals surface area (Å²) < 4.78 is 0. The molecule has 1 aromatic carbocycles. The summed E-state index contributed by atoms with van der Waals surface area (Å²) in [4.78, 5) is 7.12. The van der Waals surface area contributed by atoms with Crippen molar-refractivity contribution < 1.29 is 0 Å². The average Bonchev–Trinajstić information content (AvgIpc) is 2.48. The van der Waals surface area contributed by atoms with Gasteiger partial charge in [-0.1, -0.05) is 24.3 Å². The van der Waals surface area contributed by atoms with Crippen LogP contribution in [-0.4, -0.2) is 18.1 Å². The fourth-order valence-corrected chi connectivity index (χ4v) is 2.82. The summed E-state index contributed by atoms with van der Waals surface area (Å²) >= 11 is 0. The number of fused-ring (bicyclic) bond motifs is 1. The first-order chi connectivity index (χ1) is 9.86. The van der Waals surface area contributed by atoms with Crippen LogP contribution in [0.25, 0.3) is 0 Å². The number of hydrogen-bond donors (Lipinski definition) is 1. The van der Waals surface area contributed by atoms with Gasteiger partial charge >= 0.3 is 0 Å². The van der Waals surface area contributed by atoms with E-state index < -0.39 is 0 Å². The van der Waals surface area contributed by atoms with Crippen LogP contribution >= 0.6 is 0 Å². The van der Waals surface area contributed by atoms with E-state index in [2.05, 4.69) is 58.5 Å². The predicted octanol–water partition coefficient (Wildman–Crippen LogP) is 3.47. The summed E-state index contributed by atoms with van der Waals surface area (Å²) in [6, 6.07) is 14.9. The molecule has 3 rings (SSSR count). The Morgan fingerprint density at radius 3 is 2.95 bits per heavy atom. The van der Waals surface area contributed by atoms with Crippen molar-refractivity contribution in [2.24, 2.45) is 0 Å². The van der Waals surface area contributed by atoms with Crippen molar-refractivity contribution in [2.45, 2.75) is 26.3 Å². The van der Waals surface area contributed by atoms with Crippen LogP contribution in [0.5, 0.6) is 0 Å². The van der Waals surface area contributed by atoms with E-state index in [1.54, 1.807) is 0 Å². The van der Waals surface area contributed by atoms with Crippen molar-refractivity contribution in [1.82, 2.24) is 4.98 Å². The third-order valence-corrected chi connectivity index (χ3v) is 3.72. The SMILES string of the molecule is CCNc1cccc(CN2CCCc3ccccc32)n1. The van der Waals surface area contributed by atoms with E-state index in [4.69, 9.17) is 0 Å². The monoisotopic (exact) mass is 267 g/mol. The Morgan fingerprint density at radius 2 is 2.05 bits per heavy atom. The van der Waals surface area contributed by atoms with Gasteiger partial charge in [0.2, 0.25) is 0 Å². The number of nitrogens with zero attached hydrogens (tertiary/aromatic N) is 2. The molecule has 0 aliphatic carbocycles. The second kappa shape index (κ2) is 5.95. The molecule has 0 spiro atoms. The second-order valence-corrected chi connectivity index (χ2v) is 5.20. The minimum atomic E-state index is 0.885. The van der Waals surface area contributed by atoms with Crippen LogP contribution in [0.4, 0.5) is 11.5 Å². The summed E-state index contributed by atoms with van der Waals surface area (Å²) in [6.45, 7) is 5.00. The zero-order valence-corrected chi connectivity index (χ0v) is 12.0. The molecule has 0 atom stereocenters. The summed E-state index contributed by atoms with van der Waals surface area (Å²) in [5.74, 6) is 0.968. The lowest BCUT2D eigenvalue weighted by Crippen LogP contribution is -2.29. The summed E-state index contributed by atoms with van der Waals surface area (Å²) in [5, 5.41) is 3.27. The quantitative estimate of drug-likeness (QED) is 0.919. The number of aryl methyl sites for hydroxylation is 1. The van der Waals surface area contributed by atoms with Crippen molar-refractivity contribution in [3.8, 4) is 0 Å². The Kier molecular flexibility index (Phi) is 3.86. The maximum Gasteiger partial charge on any atom is 0.126 e. The molecule has 1 aromatic heterocycles. The number of benzene rings is 1. The Bertz CT molecular complexity index is 580. The Balaban J connectivity index is 1.80. The van der Waals surface area contributed by atoms with E-state index >= 15 is 0 Å². The Labute approximate surface area is 120 Å². The highest BCUT2D eigenvalue weighted by molar-refractivity contribution is 5.55. The third-order valence-electron chi connectivity index (χ3n) is 3.72. The fourth-order valence-electron chi connectivity index (χ4n) is 2.82. The number of pyridine rings is 1. The lowest BCUT2D eigenvalue weighted by atomic mass is 10.0. The van der Waals surface area contributed by atoms with Crippen molar-refractivity contribution >= 4 is 11.5 Å². The van der Waals surface area contributed by atoms with Crippen molar-refractivity contribution in [3.63, 3.8) is 0 Å². The van der Waals surface area contributed by atoms with E-state index in [1.807, 2.05) is 6.07 Å². The van der Waals surface area contributed by atoms with E-state index in [1.165, 1.54) is 24.1 Å². The maximum atomic E-state index is 4.68. The third kappa shape index (κ3) is 2.77. The first-order valence-corrected chi connectivity index (χ1v) is 7.39. The van der Waals surface area contributed by atoms with Crippen LogP contribution in [0.1, 0.15) is 24.6 Å². The molecule has 0 saturated heterocycles. The average molecular weight is 267 g/mol. The highest BCUT2D eigenvalue weighted by atomic mass is 15.1. The van der Waals surface area contributed by atoms with E-state index in [0.29, 0.717) is 0 Å². The smallest absolute Gasteiger partial charge is 0.126 e. The number of nitrogens with one attached hydrogen (secondary N) is 1. The summed E-state index contributed by atoms with van der Waals surface area (Å²) in [5.41, 5.74) is 3.95. The molecule has 104 valence electrons. The van der Waals surface area contributed by atoms with Gasteiger partial charge in [-0.3, -0.25) is 0 Å². The van der Waals surface area contributed by atoms with Crippen LogP contribution in [-0.2, 0) is 13.0 Å². The number of anilines is 2. The van der Waals surface area contributed by atoms with Crippen LogP contribution < -0.4 is 10.2 Å². The molecule has 1 N–H and O–H groups in total. The molecular formula is C17H21N3. The summed E-state index contributed by atoms with van der Waals surface area (Å²) in [7, 11) is 0. The first kappa shape index (κ1) is 13.0. The van der Waals surface area contributed by atoms with Gasteiger partial charge in [0.05, 0.1) is 12.2 Å². The molecule has 3 heteroatoms. The number of rotatable bonds is 4. The van der Waals surface area contributed by atoms with Gasteiger partial charge in [0.1, 0.15) is 5.82 Å². The number of hydrogen-bond acceptors (Lipinski definition) is 3. The first-order valence-electron chi connectivity index (χ1n) is 7.39. The highest BCUT2D eigenvalue weighted by Gasteiger charge is 2.16. The number of para-hydroxylation sites is 1. The van der Waals surface area contributed by atoms with Crippen molar-refractivity contribution in [3.05, 3.63) is 53.7 Å². The minimum Gasteiger partial charge on any atom is -0.370 e. The molecule has 2 heterocycles. The normalized spacial score (nSPS) is 13.9. The van der Waals surface area contributed by atoms with Gasteiger partial charge in [-0.05, 0) is 43.5 Å². The number of aromatic nitrogens is 1. The molecule has 0 radical (unpaired) electrons. The molecule has 0 fully saturated rings. The van der Waals surface area contributed by atoms with Crippen molar-refractivity contribution in [2.75, 3.05) is 23.3 Å². The maximum absolute atomic E-state index is 4.68. The molecule has 0 saturated carbocycles. The molecular weight excluding hydrogens is 246 g/mol. The molecule has 3 nitrogen and oxygen atoms in total. The topological polar surface area (TPSA) is 28.2 Å². The molecule has 20 heavy (non-hydrogen) atoms. The van der Waals surface area contributed by atoms with Crippen LogP contribution in [0.3, 0.4) is 0 Å². The standard InChI is InChI=1S/C17H21N3/c1-2-18-17-11-5-9-15(19-17)13-20-12-6-8-14-7-3-4-10-16(14)20/h3-5,7,9-11H,2,6,8,12-13H2,1H3,(H,18,19).